The SMILES string of the molecule is [Pt].[c-]1c(Oc2[c-]c3c(cc2)c2cccc4c2n3c2ncccc2c2cccc3c5ccccc5n4c32)cccc1N1[CH-]n2c3c(-c4ccccc4)cccc3c3ccccc3c3ccccc3c3nncc1c32. The van der Waals surface area contributed by atoms with E-state index in [1.807, 2.05) is 36.7 Å². The van der Waals surface area contributed by atoms with E-state index in [0.717, 1.165) is 115 Å². The molecule has 9 aromatic carbocycles. The summed E-state index contributed by atoms with van der Waals surface area (Å²) in [7, 11) is 0. The summed E-state index contributed by atoms with van der Waals surface area (Å²) in [6.45, 7) is 2.15. The van der Waals surface area contributed by atoms with Gasteiger partial charge in [0.2, 0.25) is 0 Å². The Bertz CT molecular complexity index is 4900. The Labute approximate surface area is 431 Å². The minimum absolute atomic E-state index is 0. The fourth-order valence-electron chi connectivity index (χ4n) is 11.7. The molecule has 0 saturated heterocycles. The van der Waals surface area contributed by atoms with E-state index in [1.54, 1.807) is 0 Å². The molecule has 1 aliphatic heterocycles. The minimum Gasteiger partial charge on any atom is -0.509 e. The average molecular weight is 1110 g/mol. The smallest absolute Gasteiger partial charge is 0.143 e. The van der Waals surface area contributed by atoms with Crippen molar-refractivity contribution in [1.82, 2.24) is 28.5 Å². The molecular weight excluding hydrogens is 1080 g/mol. The van der Waals surface area contributed by atoms with E-state index in [9.17, 15) is 0 Å². The second-order valence-corrected chi connectivity index (χ2v) is 18.5. The van der Waals surface area contributed by atoms with Gasteiger partial charge in [0, 0.05) is 66.0 Å². The molecule has 15 aromatic rings. The van der Waals surface area contributed by atoms with Crippen molar-refractivity contribution in [2.75, 3.05) is 4.90 Å². The summed E-state index contributed by atoms with van der Waals surface area (Å²) >= 11 is 0. The summed E-state index contributed by atoms with van der Waals surface area (Å²) in [6, 6.07) is 78.0. The zero-order valence-electron chi connectivity index (χ0n) is 38.6. The number of rotatable bonds is 4. The number of para-hydroxylation sites is 4. The Morgan fingerprint density at radius 2 is 1.05 bits per heavy atom. The normalized spacial score (nSPS) is 12.4. The van der Waals surface area contributed by atoms with E-state index in [2.05, 4.69) is 213 Å². The van der Waals surface area contributed by atoms with Crippen LogP contribution < -0.4 is 9.64 Å². The fourth-order valence-corrected chi connectivity index (χ4v) is 11.7. The molecule has 6 aromatic heterocycles. The van der Waals surface area contributed by atoms with Gasteiger partial charge >= 0.3 is 0 Å². The number of anilines is 2. The second kappa shape index (κ2) is 15.9. The van der Waals surface area contributed by atoms with Crippen LogP contribution in [-0.4, -0.2) is 28.5 Å². The predicted molar refractivity (Wildman–Crippen MR) is 293 cm³/mol. The maximum atomic E-state index is 6.84. The van der Waals surface area contributed by atoms with Crippen molar-refractivity contribution >= 4 is 120 Å². The van der Waals surface area contributed by atoms with Gasteiger partial charge in [-0.2, -0.15) is 22.3 Å². The van der Waals surface area contributed by atoms with Gasteiger partial charge in [0.1, 0.15) is 5.65 Å². The number of aromatic nitrogens is 6. The first kappa shape index (κ1) is 41.5. The number of hydrogen-bond acceptors (Lipinski definition) is 5. The van der Waals surface area contributed by atoms with Crippen molar-refractivity contribution < 1.29 is 25.8 Å². The third-order valence-electron chi connectivity index (χ3n) is 14.7. The molecular formula is C64H36N7OPt-3. The van der Waals surface area contributed by atoms with Crippen LogP contribution in [0.5, 0.6) is 11.5 Å². The molecule has 0 unspecified atom stereocenters. The van der Waals surface area contributed by atoms with Gasteiger partial charge in [-0.05, 0) is 85.4 Å². The van der Waals surface area contributed by atoms with Crippen LogP contribution in [0.4, 0.5) is 11.4 Å². The minimum atomic E-state index is 0. The van der Waals surface area contributed by atoms with Crippen LogP contribution in [0.2, 0.25) is 0 Å². The molecule has 0 amide bonds. The maximum absolute atomic E-state index is 6.84. The van der Waals surface area contributed by atoms with Crippen LogP contribution in [0.1, 0.15) is 0 Å². The molecule has 0 radical (unpaired) electrons. The van der Waals surface area contributed by atoms with Crippen molar-refractivity contribution in [2.24, 2.45) is 0 Å². The molecule has 0 aliphatic carbocycles. The molecule has 73 heavy (non-hydrogen) atoms. The van der Waals surface area contributed by atoms with E-state index in [4.69, 9.17) is 19.9 Å². The monoisotopic (exact) mass is 1110 g/mol. The van der Waals surface area contributed by atoms with Crippen LogP contribution in [0.15, 0.2) is 213 Å². The van der Waals surface area contributed by atoms with Gasteiger partial charge < -0.3 is 23.0 Å². The van der Waals surface area contributed by atoms with Crippen LogP contribution in [0, 0.1) is 18.8 Å². The number of fused-ring (bicyclic) bond motifs is 17. The molecule has 0 bridgehead atoms. The fraction of sp³-hybridized carbons (Fsp3) is 0. The summed E-state index contributed by atoms with van der Waals surface area (Å²) < 4.78 is 13.8. The Hall–Kier alpha value is -9.23. The molecule has 0 fully saturated rings. The summed E-state index contributed by atoms with van der Waals surface area (Å²) in [5.74, 6) is 1.10. The quantitative estimate of drug-likeness (QED) is 0.164. The zero-order valence-corrected chi connectivity index (χ0v) is 40.9. The zero-order chi connectivity index (χ0) is 47.0. The summed E-state index contributed by atoms with van der Waals surface area (Å²) in [5, 5.41) is 21.9. The molecule has 9 heteroatoms. The van der Waals surface area contributed by atoms with E-state index in [-0.39, 0.29) is 21.1 Å². The molecule has 1 aliphatic rings. The van der Waals surface area contributed by atoms with Gasteiger partial charge in [-0.1, -0.05) is 157 Å². The second-order valence-electron chi connectivity index (χ2n) is 18.5. The van der Waals surface area contributed by atoms with Gasteiger partial charge in [-0.15, -0.1) is 35.7 Å². The summed E-state index contributed by atoms with van der Waals surface area (Å²) in [6.07, 6.45) is 3.73. The number of ether oxygens (including phenoxy) is 1. The molecule has 0 saturated carbocycles. The standard InChI is InChI=1S/C64H36N7O.Pt/c1-2-15-39(16-3-1)43-24-11-25-50-46-21-5-4-19-44(46)45-20-6-7-23-49(45)59-63-58(37-66-67-59)68(38-69(63)60(43)50)40-17-10-18-41(35-40)72-42-32-33-48-52-28-13-31-56-62(52)71(57(48)36-42)64-54(29-14-34-65-64)53-27-12-26-51-47-22-8-9-30-55(47)70(56)61(51)53;/h1-34,37-38H;/q-3;. The number of benzene rings is 9. The number of hydrogen-bond donors (Lipinski definition) is 0. The van der Waals surface area contributed by atoms with Crippen molar-refractivity contribution in [3.63, 3.8) is 0 Å². The van der Waals surface area contributed by atoms with Crippen molar-refractivity contribution in [2.45, 2.75) is 0 Å². The van der Waals surface area contributed by atoms with Crippen LogP contribution in [0.3, 0.4) is 0 Å². The van der Waals surface area contributed by atoms with Crippen LogP contribution in [-0.2, 0) is 21.1 Å². The van der Waals surface area contributed by atoms with Crippen LogP contribution in [0.25, 0.3) is 120 Å². The molecule has 0 spiro atoms. The Kier molecular flexibility index (Phi) is 9.04. The summed E-state index contributed by atoms with van der Waals surface area (Å²) in [5.41, 5.74) is 12.8. The first-order valence-corrected chi connectivity index (χ1v) is 24.1. The van der Waals surface area contributed by atoms with Gasteiger partial charge in [0.15, 0.2) is 0 Å². The van der Waals surface area contributed by atoms with E-state index in [0.29, 0.717) is 11.5 Å². The maximum Gasteiger partial charge on any atom is 0.143 e. The molecule has 8 nitrogen and oxygen atoms in total. The average Bonchev–Trinajstić information content (AvgIpc) is 4.12. The van der Waals surface area contributed by atoms with Crippen molar-refractivity contribution in [3.05, 3.63) is 231 Å². The van der Waals surface area contributed by atoms with E-state index < -0.39 is 0 Å². The van der Waals surface area contributed by atoms with E-state index in [1.165, 1.54) is 16.3 Å². The van der Waals surface area contributed by atoms with Gasteiger partial charge in [0.05, 0.1) is 33.8 Å². The molecule has 0 N–H and O–H groups in total. The van der Waals surface area contributed by atoms with Gasteiger partial charge in [0.25, 0.3) is 0 Å². The van der Waals surface area contributed by atoms with E-state index >= 15 is 0 Å². The summed E-state index contributed by atoms with van der Waals surface area (Å²) in [4.78, 5) is 7.28. The van der Waals surface area contributed by atoms with Crippen LogP contribution >= 0.6 is 0 Å². The third-order valence-corrected chi connectivity index (χ3v) is 14.7. The number of pyridine rings is 1. The molecule has 0 atom stereocenters. The Morgan fingerprint density at radius 1 is 0.438 bits per heavy atom. The third kappa shape index (κ3) is 5.93. The largest absolute Gasteiger partial charge is 0.509 e. The van der Waals surface area contributed by atoms with Crippen molar-refractivity contribution in [1.29, 1.82) is 0 Å². The predicted octanol–water partition coefficient (Wildman–Crippen LogP) is 15.9. The topological polar surface area (TPSA) is 64.9 Å². The van der Waals surface area contributed by atoms with Crippen molar-refractivity contribution in [3.8, 4) is 22.6 Å². The molecule has 346 valence electrons. The molecule has 16 rings (SSSR count). The van der Waals surface area contributed by atoms with Gasteiger partial charge in [-0.3, -0.25) is 0 Å². The first-order chi connectivity index (χ1) is 35.7. The molecule has 7 heterocycles. The first-order valence-electron chi connectivity index (χ1n) is 24.1. The Morgan fingerprint density at radius 3 is 1.89 bits per heavy atom. The number of nitrogens with zero attached hydrogens (tertiary/aromatic N) is 7. The van der Waals surface area contributed by atoms with Gasteiger partial charge in [-0.25, -0.2) is 4.98 Å². The Balaban J connectivity index is 0.00000473.